The number of benzene rings is 1. The average Bonchev–Trinajstić information content (AvgIpc) is 2.57. The first-order chi connectivity index (χ1) is 10.8. The van der Waals surface area contributed by atoms with E-state index in [0.717, 1.165) is 24.4 Å². The van der Waals surface area contributed by atoms with E-state index in [0.29, 0.717) is 25.8 Å². The summed E-state index contributed by atoms with van der Waals surface area (Å²) in [7, 11) is 0. The predicted molar refractivity (Wildman–Crippen MR) is 79.9 cm³/mol. The van der Waals surface area contributed by atoms with E-state index in [-0.39, 0.29) is 12.1 Å². The molecule has 0 bridgehead atoms. The third-order valence-corrected chi connectivity index (χ3v) is 3.53. The number of nitrogens with one attached hydrogen (secondary N) is 1. The van der Waals surface area contributed by atoms with Gasteiger partial charge in [0.05, 0.1) is 37.8 Å². The summed E-state index contributed by atoms with van der Waals surface area (Å²) in [6.45, 7) is 1.73. The van der Waals surface area contributed by atoms with Gasteiger partial charge in [0.15, 0.2) is 5.82 Å². The summed E-state index contributed by atoms with van der Waals surface area (Å²) in [4.78, 5) is 7.83. The van der Waals surface area contributed by atoms with E-state index in [9.17, 15) is 4.39 Å². The maximum atomic E-state index is 12.8. The predicted octanol–water partition coefficient (Wildman–Crippen LogP) is 2.40. The van der Waals surface area contributed by atoms with Crippen LogP contribution in [0.4, 0.5) is 10.3 Å². The van der Waals surface area contributed by atoms with E-state index in [4.69, 9.17) is 9.47 Å². The first-order valence-electron chi connectivity index (χ1n) is 7.28. The van der Waals surface area contributed by atoms with Crippen molar-refractivity contribution in [2.75, 3.05) is 18.5 Å². The maximum absolute atomic E-state index is 12.8. The van der Waals surface area contributed by atoms with Gasteiger partial charge in [-0.05, 0) is 12.0 Å². The van der Waals surface area contributed by atoms with Crippen molar-refractivity contribution in [2.45, 2.75) is 25.2 Å². The molecular weight excluding hydrogens is 285 g/mol. The van der Waals surface area contributed by atoms with Crippen LogP contribution in [-0.2, 0) is 16.1 Å². The number of rotatable bonds is 5. The van der Waals surface area contributed by atoms with Crippen LogP contribution < -0.4 is 5.32 Å². The zero-order valence-corrected chi connectivity index (χ0v) is 12.1. The molecule has 1 N–H and O–H groups in total. The molecule has 1 aliphatic heterocycles. The number of hydrogen-bond acceptors (Lipinski definition) is 5. The molecule has 2 aromatic rings. The Labute approximate surface area is 128 Å². The summed E-state index contributed by atoms with van der Waals surface area (Å²) < 4.78 is 24.3. The van der Waals surface area contributed by atoms with Gasteiger partial charge in [-0.15, -0.1) is 0 Å². The summed E-state index contributed by atoms with van der Waals surface area (Å²) in [6.07, 6.45) is 3.08. The summed E-state index contributed by atoms with van der Waals surface area (Å²) in [6, 6.07) is 9.97. The molecule has 0 aliphatic carbocycles. The Morgan fingerprint density at radius 3 is 2.77 bits per heavy atom. The van der Waals surface area contributed by atoms with Gasteiger partial charge in [0.2, 0.25) is 5.95 Å². The Morgan fingerprint density at radius 2 is 2.00 bits per heavy atom. The first kappa shape index (κ1) is 14.9. The van der Waals surface area contributed by atoms with Gasteiger partial charge >= 0.3 is 0 Å². The van der Waals surface area contributed by atoms with Crippen LogP contribution in [0.25, 0.3) is 0 Å². The number of nitrogens with zero attached hydrogens (tertiary/aromatic N) is 2. The molecule has 1 aromatic heterocycles. The lowest BCUT2D eigenvalue weighted by Gasteiger charge is -2.32. The van der Waals surface area contributed by atoms with Gasteiger partial charge in [0.25, 0.3) is 0 Å². The number of halogens is 1. The van der Waals surface area contributed by atoms with Crippen molar-refractivity contribution in [3.8, 4) is 0 Å². The highest BCUT2D eigenvalue weighted by atomic mass is 19.1. The number of anilines is 1. The normalized spacial score (nSPS) is 21.5. The van der Waals surface area contributed by atoms with Gasteiger partial charge in [-0.3, -0.25) is 0 Å². The third-order valence-electron chi connectivity index (χ3n) is 3.53. The molecule has 0 radical (unpaired) electrons. The summed E-state index contributed by atoms with van der Waals surface area (Å²) in [5, 5.41) is 3.16. The molecule has 1 fully saturated rings. The number of ether oxygens (including phenoxy) is 2. The van der Waals surface area contributed by atoms with Crippen molar-refractivity contribution in [1.82, 2.24) is 9.97 Å². The Hall–Kier alpha value is -2.05. The second-order valence-corrected chi connectivity index (χ2v) is 5.17. The van der Waals surface area contributed by atoms with Crippen molar-refractivity contribution >= 4 is 5.95 Å². The molecule has 3 rings (SSSR count). The van der Waals surface area contributed by atoms with E-state index < -0.39 is 5.82 Å². The molecule has 2 atom stereocenters. The lowest BCUT2D eigenvalue weighted by molar-refractivity contribution is -0.0479. The first-order valence-corrected chi connectivity index (χ1v) is 7.28. The van der Waals surface area contributed by atoms with Crippen LogP contribution in [0.2, 0.25) is 0 Å². The lowest BCUT2D eigenvalue weighted by Crippen LogP contribution is -2.44. The van der Waals surface area contributed by atoms with Gasteiger partial charge in [-0.1, -0.05) is 30.3 Å². The minimum Gasteiger partial charge on any atom is -0.379 e. The van der Waals surface area contributed by atoms with E-state index in [2.05, 4.69) is 15.3 Å². The quantitative estimate of drug-likeness (QED) is 0.919. The van der Waals surface area contributed by atoms with Crippen LogP contribution in [0.3, 0.4) is 0 Å². The molecule has 5 nitrogen and oxygen atoms in total. The van der Waals surface area contributed by atoms with Gasteiger partial charge in [0, 0.05) is 6.61 Å². The Morgan fingerprint density at radius 1 is 1.23 bits per heavy atom. The minimum atomic E-state index is -0.456. The fraction of sp³-hybridized carbons (Fsp3) is 0.375. The molecule has 1 aliphatic rings. The van der Waals surface area contributed by atoms with E-state index in [1.807, 2.05) is 30.3 Å². The van der Waals surface area contributed by atoms with Crippen LogP contribution in [-0.4, -0.2) is 35.3 Å². The van der Waals surface area contributed by atoms with Crippen LogP contribution in [0.1, 0.15) is 12.0 Å². The molecule has 0 unspecified atom stereocenters. The Balaban J connectivity index is 1.59. The van der Waals surface area contributed by atoms with E-state index in [1.165, 1.54) is 0 Å². The van der Waals surface area contributed by atoms with Crippen molar-refractivity contribution in [1.29, 1.82) is 0 Å². The SMILES string of the molecule is Fc1cnc(N[C@@H]2COCC[C@@H]2OCc2ccccc2)nc1. The van der Waals surface area contributed by atoms with Gasteiger partial charge in [-0.2, -0.15) is 0 Å². The fourth-order valence-electron chi connectivity index (χ4n) is 2.38. The van der Waals surface area contributed by atoms with Gasteiger partial charge in [-0.25, -0.2) is 14.4 Å². The average molecular weight is 303 g/mol. The summed E-state index contributed by atoms with van der Waals surface area (Å²) in [5.41, 5.74) is 1.13. The van der Waals surface area contributed by atoms with Crippen molar-refractivity contribution in [3.05, 3.63) is 54.1 Å². The van der Waals surface area contributed by atoms with Crippen LogP contribution in [0.15, 0.2) is 42.7 Å². The number of aromatic nitrogens is 2. The van der Waals surface area contributed by atoms with Crippen LogP contribution >= 0.6 is 0 Å². The zero-order valence-electron chi connectivity index (χ0n) is 12.1. The van der Waals surface area contributed by atoms with Gasteiger partial charge < -0.3 is 14.8 Å². The van der Waals surface area contributed by atoms with Crippen molar-refractivity contribution in [2.24, 2.45) is 0 Å². The minimum absolute atomic E-state index is 0.00242. The number of hydrogen-bond donors (Lipinski definition) is 1. The topological polar surface area (TPSA) is 56.3 Å². The molecule has 0 amide bonds. The third kappa shape index (κ3) is 3.99. The van der Waals surface area contributed by atoms with E-state index in [1.54, 1.807) is 0 Å². The standard InChI is InChI=1S/C16H18FN3O2/c17-13-8-18-16(19-9-13)20-14-11-21-7-6-15(14)22-10-12-4-2-1-3-5-12/h1-5,8-9,14-15H,6-7,10-11H2,(H,18,19,20)/t14-,15+/m1/s1. The van der Waals surface area contributed by atoms with Crippen LogP contribution in [0, 0.1) is 5.82 Å². The molecule has 22 heavy (non-hydrogen) atoms. The molecule has 116 valence electrons. The molecule has 0 spiro atoms. The second kappa shape index (κ2) is 7.29. The monoisotopic (exact) mass is 303 g/mol. The Bertz CT molecular complexity index is 580. The molecular formula is C16H18FN3O2. The molecule has 0 saturated carbocycles. The molecule has 1 saturated heterocycles. The molecule has 6 heteroatoms. The Kier molecular flexibility index (Phi) is 4.92. The van der Waals surface area contributed by atoms with Gasteiger partial charge in [0.1, 0.15) is 0 Å². The summed E-state index contributed by atoms with van der Waals surface area (Å²) >= 11 is 0. The molecule has 2 heterocycles. The maximum Gasteiger partial charge on any atom is 0.223 e. The smallest absolute Gasteiger partial charge is 0.223 e. The highest BCUT2D eigenvalue weighted by Gasteiger charge is 2.27. The van der Waals surface area contributed by atoms with Crippen molar-refractivity contribution in [3.63, 3.8) is 0 Å². The zero-order chi connectivity index (χ0) is 15.2. The molecule has 1 aromatic carbocycles. The van der Waals surface area contributed by atoms with E-state index >= 15 is 0 Å². The lowest BCUT2D eigenvalue weighted by atomic mass is 10.1. The highest BCUT2D eigenvalue weighted by Crippen LogP contribution is 2.17. The fourth-order valence-corrected chi connectivity index (χ4v) is 2.38. The largest absolute Gasteiger partial charge is 0.379 e. The van der Waals surface area contributed by atoms with Crippen molar-refractivity contribution < 1.29 is 13.9 Å². The van der Waals surface area contributed by atoms with Crippen LogP contribution in [0.5, 0.6) is 0 Å². The summed E-state index contributed by atoms with van der Waals surface area (Å²) in [5.74, 6) is -0.0764. The highest BCUT2D eigenvalue weighted by molar-refractivity contribution is 5.25. The second-order valence-electron chi connectivity index (χ2n) is 5.17.